The molecule has 0 unspecified atom stereocenters. The number of hydrogen-bond acceptors (Lipinski definition) is 3. The number of carbonyl (C=O) groups excluding carboxylic acids is 2. The number of halogens is 1. The van der Waals surface area contributed by atoms with Gasteiger partial charge in [-0.05, 0) is 49.8 Å². The van der Waals surface area contributed by atoms with E-state index in [4.69, 9.17) is 0 Å². The molecule has 2 aliphatic rings. The van der Waals surface area contributed by atoms with Crippen LogP contribution in [0.15, 0.2) is 24.3 Å². The molecule has 1 atom stereocenters. The average Bonchev–Trinajstić information content (AvgIpc) is 2.70. The van der Waals surface area contributed by atoms with Crippen LogP contribution in [-0.4, -0.2) is 60.5 Å². The lowest BCUT2D eigenvalue weighted by Gasteiger charge is -2.37. The molecule has 2 aliphatic heterocycles. The number of piperidine rings is 2. The largest absolute Gasteiger partial charge is 0.357 e. The number of rotatable bonds is 4. The lowest BCUT2D eigenvalue weighted by Crippen LogP contribution is -2.56. The first-order valence-corrected chi connectivity index (χ1v) is 9.82. The third kappa shape index (κ3) is 5.19. The van der Waals surface area contributed by atoms with E-state index >= 15 is 0 Å². The number of urea groups is 1. The number of nitrogens with one attached hydrogen (secondary N) is 2. The SMILES string of the molecule is CNC(=O)[C@@H]1CCCCN1C(=O)NC1CCN(Cc2ccc(F)cc2)CC1. The Morgan fingerprint density at radius 1 is 1.07 bits per heavy atom. The van der Waals surface area contributed by atoms with Crippen LogP contribution in [0.25, 0.3) is 0 Å². The summed E-state index contributed by atoms with van der Waals surface area (Å²) in [6.07, 6.45) is 4.40. The molecule has 0 spiro atoms. The zero-order valence-electron chi connectivity index (χ0n) is 15.9. The molecule has 2 saturated heterocycles. The van der Waals surface area contributed by atoms with E-state index in [1.165, 1.54) is 12.1 Å². The van der Waals surface area contributed by atoms with Crippen molar-refractivity contribution in [2.24, 2.45) is 0 Å². The molecule has 3 amide bonds. The van der Waals surface area contributed by atoms with Crippen molar-refractivity contribution >= 4 is 11.9 Å². The van der Waals surface area contributed by atoms with Gasteiger partial charge in [-0.15, -0.1) is 0 Å². The topological polar surface area (TPSA) is 64.7 Å². The second kappa shape index (κ2) is 9.17. The van der Waals surface area contributed by atoms with E-state index in [2.05, 4.69) is 15.5 Å². The molecule has 2 heterocycles. The highest BCUT2D eigenvalue weighted by Crippen LogP contribution is 2.19. The summed E-state index contributed by atoms with van der Waals surface area (Å²) in [4.78, 5) is 28.7. The maximum Gasteiger partial charge on any atom is 0.318 e. The highest BCUT2D eigenvalue weighted by Gasteiger charge is 2.32. The minimum Gasteiger partial charge on any atom is -0.357 e. The summed E-state index contributed by atoms with van der Waals surface area (Å²) in [5.74, 6) is -0.299. The minimum atomic E-state index is -0.359. The summed E-state index contributed by atoms with van der Waals surface area (Å²) in [5.41, 5.74) is 1.10. The molecule has 1 aromatic carbocycles. The second-order valence-corrected chi connectivity index (χ2v) is 7.45. The maximum absolute atomic E-state index is 13.0. The molecule has 2 N–H and O–H groups in total. The summed E-state index contributed by atoms with van der Waals surface area (Å²) in [6, 6.07) is 6.27. The molecule has 2 fully saturated rings. The molecule has 7 heteroatoms. The molecule has 0 saturated carbocycles. The first-order chi connectivity index (χ1) is 13.1. The molecule has 0 bridgehead atoms. The molecule has 1 aromatic rings. The van der Waals surface area contributed by atoms with Crippen molar-refractivity contribution in [3.05, 3.63) is 35.6 Å². The van der Waals surface area contributed by atoms with Crippen LogP contribution in [0.5, 0.6) is 0 Å². The Labute approximate surface area is 160 Å². The van der Waals surface area contributed by atoms with E-state index in [1.807, 2.05) is 12.1 Å². The Kier molecular flexibility index (Phi) is 6.66. The van der Waals surface area contributed by atoms with E-state index in [-0.39, 0.29) is 29.8 Å². The van der Waals surface area contributed by atoms with Crippen molar-refractivity contribution in [3.8, 4) is 0 Å². The van der Waals surface area contributed by atoms with Crippen LogP contribution in [0.2, 0.25) is 0 Å². The normalized spacial score (nSPS) is 21.7. The lowest BCUT2D eigenvalue weighted by atomic mass is 10.0. The van der Waals surface area contributed by atoms with Crippen molar-refractivity contribution in [2.75, 3.05) is 26.7 Å². The summed E-state index contributed by atoms with van der Waals surface area (Å²) in [7, 11) is 1.61. The lowest BCUT2D eigenvalue weighted by molar-refractivity contribution is -0.125. The van der Waals surface area contributed by atoms with Gasteiger partial charge in [0.2, 0.25) is 5.91 Å². The van der Waals surface area contributed by atoms with E-state index in [9.17, 15) is 14.0 Å². The van der Waals surface area contributed by atoms with Crippen molar-refractivity contribution in [1.82, 2.24) is 20.4 Å². The van der Waals surface area contributed by atoms with Crippen LogP contribution in [-0.2, 0) is 11.3 Å². The van der Waals surface area contributed by atoms with Crippen LogP contribution in [0.1, 0.15) is 37.7 Å². The summed E-state index contributed by atoms with van der Waals surface area (Å²) in [6.45, 7) is 3.21. The molecular weight excluding hydrogens is 347 g/mol. The van der Waals surface area contributed by atoms with Crippen molar-refractivity contribution < 1.29 is 14.0 Å². The maximum atomic E-state index is 13.0. The van der Waals surface area contributed by atoms with Crippen LogP contribution < -0.4 is 10.6 Å². The van der Waals surface area contributed by atoms with E-state index in [0.717, 1.165) is 57.3 Å². The first-order valence-electron chi connectivity index (χ1n) is 9.82. The Morgan fingerprint density at radius 2 is 1.78 bits per heavy atom. The molecule has 3 rings (SSSR count). The number of likely N-dealkylation sites (tertiary alicyclic amines) is 2. The number of nitrogens with zero attached hydrogens (tertiary/aromatic N) is 2. The van der Waals surface area contributed by atoms with Crippen molar-refractivity contribution in [3.63, 3.8) is 0 Å². The van der Waals surface area contributed by atoms with Crippen LogP contribution in [0, 0.1) is 5.82 Å². The van der Waals surface area contributed by atoms with Gasteiger partial charge in [0.25, 0.3) is 0 Å². The Hall–Kier alpha value is -2.15. The van der Waals surface area contributed by atoms with Gasteiger partial charge in [0.05, 0.1) is 0 Å². The fourth-order valence-corrected chi connectivity index (χ4v) is 3.95. The molecule has 0 aromatic heterocycles. The Balaban J connectivity index is 1.47. The molecule has 0 aliphatic carbocycles. The predicted molar refractivity (Wildman–Crippen MR) is 102 cm³/mol. The zero-order valence-corrected chi connectivity index (χ0v) is 15.9. The number of amides is 3. The molecule has 6 nitrogen and oxygen atoms in total. The number of benzene rings is 1. The van der Waals surface area contributed by atoms with E-state index < -0.39 is 0 Å². The van der Waals surface area contributed by atoms with Gasteiger partial charge in [0.1, 0.15) is 11.9 Å². The second-order valence-electron chi connectivity index (χ2n) is 7.45. The standard InChI is InChI=1S/C20H29FN4O2/c1-22-19(26)18-4-2-3-11-25(18)20(27)23-17-9-12-24(13-10-17)14-15-5-7-16(21)8-6-15/h5-8,17-18H,2-4,9-14H2,1H3,(H,22,26)(H,23,27)/t18-/m0/s1. The highest BCUT2D eigenvalue weighted by atomic mass is 19.1. The molecule has 148 valence electrons. The van der Waals surface area contributed by atoms with Crippen LogP contribution in [0.4, 0.5) is 9.18 Å². The third-order valence-electron chi connectivity index (χ3n) is 5.55. The van der Waals surface area contributed by atoms with Gasteiger partial charge in [0.15, 0.2) is 0 Å². The van der Waals surface area contributed by atoms with Gasteiger partial charge in [0, 0.05) is 39.3 Å². The van der Waals surface area contributed by atoms with Gasteiger partial charge in [-0.25, -0.2) is 9.18 Å². The summed E-state index contributed by atoms with van der Waals surface area (Å²) in [5, 5.41) is 5.79. The van der Waals surface area contributed by atoms with Crippen molar-refractivity contribution in [1.29, 1.82) is 0 Å². The fraction of sp³-hybridized carbons (Fsp3) is 0.600. The van der Waals surface area contributed by atoms with Gasteiger partial charge in [-0.1, -0.05) is 12.1 Å². The van der Waals surface area contributed by atoms with Gasteiger partial charge in [-0.2, -0.15) is 0 Å². The molecular formula is C20H29FN4O2. The average molecular weight is 376 g/mol. The van der Waals surface area contributed by atoms with Crippen LogP contribution in [0.3, 0.4) is 0 Å². The molecule has 0 radical (unpaired) electrons. The first kappa shape index (κ1) is 19.6. The Bertz CT molecular complexity index is 644. The third-order valence-corrected chi connectivity index (χ3v) is 5.55. The zero-order chi connectivity index (χ0) is 19.2. The molecule has 27 heavy (non-hydrogen) atoms. The van der Waals surface area contributed by atoms with Crippen LogP contribution >= 0.6 is 0 Å². The van der Waals surface area contributed by atoms with E-state index in [0.29, 0.717) is 6.54 Å². The summed E-state index contributed by atoms with van der Waals surface area (Å²) >= 11 is 0. The number of hydrogen-bond donors (Lipinski definition) is 2. The predicted octanol–water partition coefficient (Wildman–Crippen LogP) is 2.10. The van der Waals surface area contributed by atoms with Gasteiger partial charge >= 0.3 is 6.03 Å². The quantitative estimate of drug-likeness (QED) is 0.846. The van der Waals surface area contributed by atoms with Gasteiger partial charge in [-0.3, -0.25) is 9.69 Å². The Morgan fingerprint density at radius 3 is 2.44 bits per heavy atom. The fourth-order valence-electron chi connectivity index (χ4n) is 3.95. The van der Waals surface area contributed by atoms with E-state index in [1.54, 1.807) is 11.9 Å². The minimum absolute atomic E-state index is 0.0843. The number of likely N-dealkylation sites (N-methyl/N-ethyl adjacent to an activating group) is 1. The van der Waals surface area contributed by atoms with Crippen molar-refractivity contribution in [2.45, 2.75) is 50.7 Å². The number of carbonyl (C=O) groups is 2. The monoisotopic (exact) mass is 376 g/mol. The summed E-state index contributed by atoms with van der Waals surface area (Å²) < 4.78 is 13.0. The van der Waals surface area contributed by atoms with Gasteiger partial charge < -0.3 is 15.5 Å². The highest BCUT2D eigenvalue weighted by molar-refractivity contribution is 5.87. The smallest absolute Gasteiger partial charge is 0.318 e.